The van der Waals surface area contributed by atoms with E-state index in [2.05, 4.69) is 0 Å². The second kappa shape index (κ2) is 4.49. The average Bonchev–Trinajstić information content (AvgIpc) is 2.89. The molecule has 3 rings (SSSR count). The largest absolute Gasteiger partial charge is 0.375 e. The van der Waals surface area contributed by atoms with Crippen LogP contribution in [-0.2, 0) is 4.74 Å². The molecule has 1 spiro atoms. The molecule has 0 N–H and O–H groups in total. The van der Waals surface area contributed by atoms with E-state index < -0.39 is 0 Å². The third-order valence-corrected chi connectivity index (χ3v) is 5.52. The molecule has 1 aliphatic heterocycles. The van der Waals surface area contributed by atoms with Crippen LogP contribution in [0.1, 0.15) is 57.8 Å². The lowest BCUT2D eigenvalue weighted by Crippen LogP contribution is -2.39. The Labute approximate surface area is 104 Å². The van der Waals surface area contributed by atoms with E-state index >= 15 is 0 Å². The second-order valence-corrected chi connectivity index (χ2v) is 6.78. The summed E-state index contributed by atoms with van der Waals surface area (Å²) in [5, 5.41) is 0.465. The van der Waals surface area contributed by atoms with Gasteiger partial charge in [0.05, 0.1) is 5.60 Å². The Balaban J connectivity index is 1.63. The first kappa shape index (κ1) is 11.3. The molecule has 0 aromatic carbocycles. The van der Waals surface area contributed by atoms with Crippen molar-refractivity contribution in [2.75, 3.05) is 6.61 Å². The van der Waals surface area contributed by atoms with Crippen LogP contribution in [0.15, 0.2) is 0 Å². The van der Waals surface area contributed by atoms with Gasteiger partial charge in [-0.3, -0.25) is 0 Å². The van der Waals surface area contributed by atoms with Gasteiger partial charge in [0.15, 0.2) is 0 Å². The molecule has 3 fully saturated rings. The van der Waals surface area contributed by atoms with Crippen LogP contribution in [0.5, 0.6) is 0 Å². The number of ether oxygens (including phenoxy) is 1. The Bertz CT molecular complexity index is 247. The maximum Gasteiger partial charge on any atom is 0.0685 e. The van der Waals surface area contributed by atoms with Gasteiger partial charge >= 0.3 is 0 Å². The minimum atomic E-state index is 0.299. The molecule has 0 amide bonds. The summed E-state index contributed by atoms with van der Waals surface area (Å²) >= 11 is 6.25. The number of hydrogen-bond donors (Lipinski definition) is 0. The SMILES string of the molecule is ClC1CCC(C2CCOC3(CCCC3)C2)C1. The molecule has 0 radical (unpaired) electrons. The molecule has 16 heavy (non-hydrogen) atoms. The molecule has 0 bridgehead atoms. The number of alkyl halides is 1. The van der Waals surface area contributed by atoms with Gasteiger partial charge in [-0.15, -0.1) is 11.6 Å². The van der Waals surface area contributed by atoms with Gasteiger partial charge in [-0.05, 0) is 56.8 Å². The minimum Gasteiger partial charge on any atom is -0.375 e. The van der Waals surface area contributed by atoms with E-state index in [1.165, 1.54) is 57.8 Å². The van der Waals surface area contributed by atoms with Gasteiger partial charge in [0, 0.05) is 12.0 Å². The predicted molar refractivity (Wildman–Crippen MR) is 66.9 cm³/mol. The van der Waals surface area contributed by atoms with Crippen molar-refractivity contribution < 1.29 is 4.74 Å². The van der Waals surface area contributed by atoms with Gasteiger partial charge in [-0.1, -0.05) is 12.8 Å². The van der Waals surface area contributed by atoms with E-state index in [1.54, 1.807) is 0 Å². The maximum absolute atomic E-state index is 6.25. The highest BCUT2D eigenvalue weighted by Crippen LogP contribution is 2.47. The smallest absolute Gasteiger partial charge is 0.0685 e. The standard InChI is InChI=1S/C14H23ClO/c15-13-4-3-11(9-13)12-5-8-16-14(10-12)6-1-2-7-14/h11-13H,1-10H2. The van der Waals surface area contributed by atoms with E-state index in [1.807, 2.05) is 0 Å². The molecular weight excluding hydrogens is 220 g/mol. The van der Waals surface area contributed by atoms with Crippen LogP contribution < -0.4 is 0 Å². The van der Waals surface area contributed by atoms with Crippen LogP contribution >= 0.6 is 11.6 Å². The summed E-state index contributed by atoms with van der Waals surface area (Å²) in [6, 6.07) is 0. The lowest BCUT2D eigenvalue weighted by Gasteiger charge is -2.40. The summed E-state index contributed by atoms with van der Waals surface area (Å²) in [4.78, 5) is 0. The van der Waals surface area contributed by atoms with E-state index in [0.717, 1.165) is 18.4 Å². The van der Waals surface area contributed by atoms with Gasteiger partial charge < -0.3 is 4.74 Å². The zero-order valence-corrected chi connectivity index (χ0v) is 10.8. The minimum absolute atomic E-state index is 0.299. The monoisotopic (exact) mass is 242 g/mol. The molecular formula is C14H23ClO. The van der Waals surface area contributed by atoms with Crippen LogP contribution in [-0.4, -0.2) is 17.6 Å². The van der Waals surface area contributed by atoms with E-state index in [0.29, 0.717) is 11.0 Å². The first-order valence-corrected chi connectivity index (χ1v) is 7.49. The molecule has 0 aromatic heterocycles. The Morgan fingerprint density at radius 2 is 1.81 bits per heavy atom. The van der Waals surface area contributed by atoms with Crippen molar-refractivity contribution in [2.45, 2.75) is 68.8 Å². The third-order valence-electron chi connectivity index (χ3n) is 5.12. The topological polar surface area (TPSA) is 9.23 Å². The van der Waals surface area contributed by atoms with E-state index in [-0.39, 0.29) is 0 Å². The van der Waals surface area contributed by atoms with Gasteiger partial charge in [-0.25, -0.2) is 0 Å². The number of halogens is 1. The summed E-state index contributed by atoms with van der Waals surface area (Å²) < 4.78 is 6.11. The molecule has 2 aliphatic carbocycles. The molecule has 0 aromatic rings. The van der Waals surface area contributed by atoms with Gasteiger partial charge in [0.25, 0.3) is 0 Å². The van der Waals surface area contributed by atoms with Gasteiger partial charge in [0.2, 0.25) is 0 Å². The Kier molecular flexibility index (Phi) is 3.19. The van der Waals surface area contributed by atoms with Crippen LogP contribution in [0, 0.1) is 11.8 Å². The molecule has 3 aliphatic rings. The molecule has 2 heteroatoms. The van der Waals surface area contributed by atoms with Crippen LogP contribution in [0.25, 0.3) is 0 Å². The Morgan fingerprint density at radius 3 is 2.50 bits per heavy atom. The number of hydrogen-bond acceptors (Lipinski definition) is 1. The zero-order chi connectivity index (χ0) is 11.0. The fourth-order valence-corrected chi connectivity index (χ4v) is 4.58. The first-order chi connectivity index (χ1) is 7.77. The highest BCUT2D eigenvalue weighted by atomic mass is 35.5. The molecule has 2 saturated carbocycles. The van der Waals surface area contributed by atoms with Crippen LogP contribution in [0.4, 0.5) is 0 Å². The number of rotatable bonds is 1. The van der Waals surface area contributed by atoms with Crippen molar-refractivity contribution in [1.29, 1.82) is 0 Å². The van der Waals surface area contributed by atoms with Gasteiger partial charge in [-0.2, -0.15) is 0 Å². The molecule has 3 unspecified atom stereocenters. The average molecular weight is 243 g/mol. The highest BCUT2D eigenvalue weighted by Gasteiger charge is 2.43. The lowest BCUT2D eigenvalue weighted by molar-refractivity contribution is -0.101. The molecule has 1 heterocycles. The lowest BCUT2D eigenvalue weighted by atomic mass is 9.77. The summed E-state index contributed by atoms with van der Waals surface area (Å²) in [5.41, 5.74) is 0.299. The first-order valence-electron chi connectivity index (χ1n) is 7.05. The summed E-state index contributed by atoms with van der Waals surface area (Å²) in [7, 11) is 0. The summed E-state index contributed by atoms with van der Waals surface area (Å²) in [5.74, 6) is 1.82. The van der Waals surface area contributed by atoms with Gasteiger partial charge in [0.1, 0.15) is 0 Å². The molecule has 92 valence electrons. The van der Waals surface area contributed by atoms with Crippen molar-refractivity contribution in [3.63, 3.8) is 0 Å². The quantitative estimate of drug-likeness (QED) is 0.629. The van der Waals surface area contributed by atoms with Crippen molar-refractivity contribution in [2.24, 2.45) is 11.8 Å². The predicted octanol–water partition coefficient (Wildman–Crippen LogP) is 4.13. The van der Waals surface area contributed by atoms with Crippen molar-refractivity contribution in [1.82, 2.24) is 0 Å². The zero-order valence-electron chi connectivity index (χ0n) is 10.1. The molecule has 1 saturated heterocycles. The van der Waals surface area contributed by atoms with Crippen molar-refractivity contribution in [3.8, 4) is 0 Å². The van der Waals surface area contributed by atoms with Crippen LogP contribution in [0.2, 0.25) is 0 Å². The maximum atomic E-state index is 6.25. The fraction of sp³-hybridized carbons (Fsp3) is 1.00. The van der Waals surface area contributed by atoms with E-state index in [4.69, 9.17) is 16.3 Å². The summed E-state index contributed by atoms with van der Waals surface area (Å²) in [6.45, 7) is 1.01. The summed E-state index contributed by atoms with van der Waals surface area (Å²) in [6.07, 6.45) is 11.9. The van der Waals surface area contributed by atoms with Crippen molar-refractivity contribution >= 4 is 11.6 Å². The Morgan fingerprint density at radius 1 is 1.00 bits per heavy atom. The molecule has 3 atom stereocenters. The fourth-order valence-electron chi connectivity index (χ4n) is 4.22. The Hall–Kier alpha value is 0.250. The highest BCUT2D eigenvalue weighted by molar-refractivity contribution is 6.20. The molecule has 1 nitrogen and oxygen atoms in total. The van der Waals surface area contributed by atoms with Crippen LogP contribution in [0.3, 0.4) is 0 Å². The van der Waals surface area contributed by atoms with E-state index in [9.17, 15) is 0 Å². The normalized spacial score (nSPS) is 42.9. The second-order valence-electron chi connectivity index (χ2n) is 6.16. The van der Waals surface area contributed by atoms with Crippen molar-refractivity contribution in [3.05, 3.63) is 0 Å². The third kappa shape index (κ3) is 2.13.